The Morgan fingerprint density at radius 1 is 1.03 bits per heavy atom. The highest BCUT2D eigenvalue weighted by molar-refractivity contribution is 8.00. The van der Waals surface area contributed by atoms with Gasteiger partial charge in [-0.15, -0.1) is 0 Å². The molecule has 1 unspecified atom stereocenters. The number of pyridine rings is 1. The van der Waals surface area contributed by atoms with Gasteiger partial charge < -0.3 is 5.32 Å². The number of nitrogens with one attached hydrogen (secondary N) is 1. The van der Waals surface area contributed by atoms with Gasteiger partial charge in [-0.25, -0.2) is 9.97 Å². The molecule has 0 bridgehead atoms. The van der Waals surface area contributed by atoms with Gasteiger partial charge in [0.05, 0.1) is 21.8 Å². The number of thioether (sulfide) groups is 1. The topological polar surface area (TPSA) is 76.9 Å². The summed E-state index contributed by atoms with van der Waals surface area (Å²) in [6.07, 6.45) is 2.20. The SMILES string of the molecule is CCC(Sc1nc2ccccc2c(=O)n1-c1ccccc1)C(=O)Nc1ccccn1. The standard InChI is InChI=1S/C23H20N4O2S/c1-2-19(21(28)26-20-14-8-9-15-24-20)30-23-25-18-13-7-6-12-17(18)22(29)27(23)16-10-4-3-5-11-16/h3-15,19H,2H2,1H3,(H,24,26,28). The molecule has 150 valence electrons. The number of nitrogens with zero attached hydrogens (tertiary/aromatic N) is 3. The van der Waals surface area contributed by atoms with E-state index in [1.54, 1.807) is 29.0 Å². The van der Waals surface area contributed by atoms with Gasteiger partial charge in [-0.1, -0.05) is 55.1 Å². The van der Waals surface area contributed by atoms with Crippen molar-refractivity contribution in [2.45, 2.75) is 23.8 Å². The minimum Gasteiger partial charge on any atom is -0.310 e. The molecule has 2 aromatic heterocycles. The van der Waals surface area contributed by atoms with E-state index in [-0.39, 0.29) is 11.5 Å². The van der Waals surface area contributed by atoms with Crippen LogP contribution in [0.25, 0.3) is 16.6 Å². The monoisotopic (exact) mass is 416 g/mol. The zero-order valence-corrected chi connectivity index (χ0v) is 17.2. The number of amides is 1. The molecule has 0 aliphatic rings. The fourth-order valence-corrected chi connectivity index (χ4v) is 4.12. The minimum atomic E-state index is -0.435. The Kier molecular flexibility index (Phi) is 5.90. The normalized spacial score (nSPS) is 11.9. The highest BCUT2D eigenvalue weighted by atomic mass is 32.2. The van der Waals surface area contributed by atoms with E-state index in [2.05, 4.69) is 10.3 Å². The van der Waals surface area contributed by atoms with Gasteiger partial charge in [0, 0.05) is 6.20 Å². The predicted octanol–water partition coefficient (Wildman–Crippen LogP) is 4.29. The van der Waals surface area contributed by atoms with Crippen LogP contribution in [0, 0.1) is 0 Å². The maximum absolute atomic E-state index is 13.3. The lowest BCUT2D eigenvalue weighted by Gasteiger charge is -2.18. The largest absolute Gasteiger partial charge is 0.310 e. The van der Waals surface area contributed by atoms with Crippen molar-refractivity contribution in [3.8, 4) is 5.69 Å². The van der Waals surface area contributed by atoms with Crippen LogP contribution in [-0.4, -0.2) is 25.7 Å². The van der Waals surface area contributed by atoms with Gasteiger partial charge in [0.1, 0.15) is 5.82 Å². The fourth-order valence-electron chi connectivity index (χ4n) is 3.09. The van der Waals surface area contributed by atoms with Crippen LogP contribution in [0.5, 0.6) is 0 Å². The van der Waals surface area contributed by atoms with E-state index in [1.807, 2.05) is 61.5 Å². The van der Waals surface area contributed by atoms with E-state index in [1.165, 1.54) is 11.8 Å². The second-order valence-corrected chi connectivity index (χ2v) is 7.78. The van der Waals surface area contributed by atoms with Gasteiger partial charge >= 0.3 is 0 Å². The first-order valence-corrected chi connectivity index (χ1v) is 10.5. The van der Waals surface area contributed by atoms with Crippen molar-refractivity contribution >= 4 is 34.4 Å². The molecule has 0 saturated carbocycles. The molecule has 2 heterocycles. The van der Waals surface area contributed by atoms with Gasteiger partial charge in [-0.05, 0) is 42.8 Å². The molecule has 2 aromatic carbocycles. The van der Waals surface area contributed by atoms with E-state index in [0.717, 1.165) is 0 Å². The Morgan fingerprint density at radius 2 is 1.77 bits per heavy atom. The molecule has 1 atom stereocenters. The van der Waals surface area contributed by atoms with Crippen molar-refractivity contribution in [1.29, 1.82) is 0 Å². The number of benzene rings is 2. The van der Waals surface area contributed by atoms with Crippen LogP contribution in [-0.2, 0) is 4.79 Å². The molecule has 0 aliphatic carbocycles. The summed E-state index contributed by atoms with van der Waals surface area (Å²) in [5.41, 5.74) is 1.16. The minimum absolute atomic E-state index is 0.158. The fraction of sp³-hybridized carbons (Fsp3) is 0.130. The molecule has 0 fully saturated rings. The van der Waals surface area contributed by atoms with Crippen LogP contribution in [0.15, 0.2) is 88.9 Å². The quantitative estimate of drug-likeness (QED) is 0.375. The van der Waals surface area contributed by atoms with Gasteiger partial charge in [0.15, 0.2) is 5.16 Å². The summed E-state index contributed by atoms with van der Waals surface area (Å²) in [6.45, 7) is 1.93. The molecule has 4 aromatic rings. The van der Waals surface area contributed by atoms with Gasteiger partial charge in [0.25, 0.3) is 5.56 Å². The zero-order valence-electron chi connectivity index (χ0n) is 16.4. The lowest BCUT2D eigenvalue weighted by molar-refractivity contribution is -0.115. The van der Waals surface area contributed by atoms with E-state index in [0.29, 0.717) is 34.0 Å². The third-order valence-electron chi connectivity index (χ3n) is 4.59. The highest BCUT2D eigenvalue weighted by Gasteiger charge is 2.23. The first kappa shape index (κ1) is 19.8. The average molecular weight is 417 g/mol. The molecule has 0 aliphatic heterocycles. The van der Waals surface area contributed by atoms with E-state index in [4.69, 9.17) is 4.98 Å². The second-order valence-electron chi connectivity index (χ2n) is 6.61. The number of rotatable bonds is 6. The number of carbonyl (C=O) groups is 1. The van der Waals surface area contributed by atoms with Crippen LogP contribution in [0.3, 0.4) is 0 Å². The third-order valence-corrected chi connectivity index (χ3v) is 5.90. The zero-order chi connectivity index (χ0) is 20.9. The van der Waals surface area contributed by atoms with Crippen molar-refractivity contribution in [3.63, 3.8) is 0 Å². The molecule has 30 heavy (non-hydrogen) atoms. The maximum Gasteiger partial charge on any atom is 0.266 e. The van der Waals surface area contributed by atoms with Crippen LogP contribution in [0.4, 0.5) is 5.82 Å². The predicted molar refractivity (Wildman–Crippen MR) is 120 cm³/mol. The molecule has 4 rings (SSSR count). The summed E-state index contributed by atoms with van der Waals surface area (Å²) >= 11 is 1.28. The van der Waals surface area contributed by atoms with E-state index in [9.17, 15) is 9.59 Å². The smallest absolute Gasteiger partial charge is 0.266 e. The summed E-state index contributed by atoms with van der Waals surface area (Å²) in [5.74, 6) is 0.316. The number of fused-ring (bicyclic) bond motifs is 1. The summed E-state index contributed by atoms with van der Waals surface area (Å²) in [7, 11) is 0. The Bertz CT molecular complexity index is 1230. The molecular formula is C23H20N4O2S. The molecule has 0 spiro atoms. The summed E-state index contributed by atoms with van der Waals surface area (Å²) < 4.78 is 1.57. The number of aromatic nitrogens is 3. The van der Waals surface area contributed by atoms with E-state index < -0.39 is 5.25 Å². The lowest BCUT2D eigenvalue weighted by Crippen LogP contribution is -2.27. The van der Waals surface area contributed by atoms with Crippen molar-refractivity contribution in [1.82, 2.24) is 14.5 Å². The van der Waals surface area contributed by atoms with Crippen molar-refractivity contribution in [3.05, 3.63) is 89.3 Å². The lowest BCUT2D eigenvalue weighted by atomic mass is 10.2. The first-order chi connectivity index (χ1) is 14.7. The van der Waals surface area contributed by atoms with Crippen LogP contribution < -0.4 is 10.9 Å². The number of para-hydroxylation sites is 2. The Morgan fingerprint density at radius 3 is 2.50 bits per heavy atom. The molecule has 0 radical (unpaired) electrons. The van der Waals surface area contributed by atoms with Crippen LogP contribution >= 0.6 is 11.8 Å². The average Bonchev–Trinajstić information content (AvgIpc) is 2.79. The molecule has 0 saturated heterocycles. The van der Waals surface area contributed by atoms with Crippen LogP contribution in [0.1, 0.15) is 13.3 Å². The number of hydrogen-bond donors (Lipinski definition) is 1. The summed E-state index contributed by atoms with van der Waals surface area (Å²) in [4.78, 5) is 35.0. The highest BCUT2D eigenvalue weighted by Crippen LogP contribution is 2.27. The van der Waals surface area contributed by atoms with Gasteiger partial charge in [0.2, 0.25) is 5.91 Å². The Balaban J connectivity index is 1.75. The van der Waals surface area contributed by atoms with E-state index >= 15 is 0 Å². The number of hydrogen-bond acceptors (Lipinski definition) is 5. The first-order valence-electron chi connectivity index (χ1n) is 9.63. The molecule has 1 N–H and O–H groups in total. The molecular weight excluding hydrogens is 396 g/mol. The Hall–Kier alpha value is -3.45. The Labute approximate surface area is 178 Å². The van der Waals surface area contributed by atoms with Gasteiger partial charge in [-0.3, -0.25) is 14.2 Å². The third kappa shape index (κ3) is 4.11. The number of anilines is 1. The van der Waals surface area contributed by atoms with Crippen LogP contribution in [0.2, 0.25) is 0 Å². The molecule has 6 nitrogen and oxygen atoms in total. The molecule has 1 amide bonds. The van der Waals surface area contributed by atoms with Gasteiger partial charge in [-0.2, -0.15) is 0 Å². The summed E-state index contributed by atoms with van der Waals surface area (Å²) in [6, 6.07) is 21.9. The second kappa shape index (κ2) is 8.92. The van der Waals surface area contributed by atoms with Crippen molar-refractivity contribution < 1.29 is 4.79 Å². The maximum atomic E-state index is 13.3. The number of carbonyl (C=O) groups excluding carboxylic acids is 1. The molecule has 7 heteroatoms. The van der Waals surface area contributed by atoms with Crippen molar-refractivity contribution in [2.24, 2.45) is 0 Å². The van der Waals surface area contributed by atoms with Crippen molar-refractivity contribution in [2.75, 3.05) is 5.32 Å². The summed E-state index contributed by atoms with van der Waals surface area (Å²) in [5, 5.41) is 3.42.